The summed E-state index contributed by atoms with van der Waals surface area (Å²) in [4.78, 5) is 23.8. The first kappa shape index (κ1) is 11.5. The molecule has 6 heteroatoms. The number of carbonyl (C=O) groups is 1. The Morgan fingerprint density at radius 3 is 2.71 bits per heavy atom. The number of hydrogen-bond donors (Lipinski definition) is 0. The Kier molecular flexibility index (Phi) is 3.30. The smallest absolute Gasteiger partial charge is 0.243 e. The molecule has 17 heavy (non-hydrogen) atoms. The third-order valence-corrected chi connectivity index (χ3v) is 2.27. The zero-order chi connectivity index (χ0) is 12.3. The fourth-order valence-corrected chi connectivity index (χ4v) is 1.48. The van der Waals surface area contributed by atoms with Gasteiger partial charge < -0.3 is 4.74 Å². The number of nitrogens with zero attached hydrogens (tertiary/aromatic N) is 3. The molecule has 0 amide bonds. The van der Waals surface area contributed by atoms with Gasteiger partial charge in [-0.3, -0.25) is 4.79 Å². The predicted molar refractivity (Wildman–Crippen MR) is 61.3 cm³/mol. The topological polar surface area (TPSA) is 65.0 Å². The standard InChI is InChI=1S/C11H8ClN3O2/c1-17-11-9(14-4-5-15-11)10(16)7-2-3-13-8(12)6-7/h2-6H,1H3. The normalized spacial score (nSPS) is 10.0. The van der Waals surface area contributed by atoms with Crippen molar-refractivity contribution >= 4 is 17.4 Å². The van der Waals surface area contributed by atoms with Crippen LogP contribution in [0, 0.1) is 0 Å². The molecule has 0 N–H and O–H groups in total. The van der Waals surface area contributed by atoms with Gasteiger partial charge in [0.1, 0.15) is 5.15 Å². The summed E-state index contributed by atoms with van der Waals surface area (Å²) >= 11 is 5.72. The van der Waals surface area contributed by atoms with Gasteiger partial charge in [-0.25, -0.2) is 15.0 Å². The molecule has 0 unspecified atom stereocenters. The summed E-state index contributed by atoms with van der Waals surface area (Å²) in [6.45, 7) is 0. The lowest BCUT2D eigenvalue weighted by Gasteiger charge is -2.04. The van der Waals surface area contributed by atoms with Crippen LogP contribution in [0.4, 0.5) is 0 Å². The fraction of sp³-hybridized carbons (Fsp3) is 0.0909. The van der Waals surface area contributed by atoms with Crippen molar-refractivity contribution in [3.05, 3.63) is 47.1 Å². The van der Waals surface area contributed by atoms with E-state index in [-0.39, 0.29) is 22.5 Å². The molecular formula is C11H8ClN3O2. The van der Waals surface area contributed by atoms with Crippen LogP contribution in [0.1, 0.15) is 16.1 Å². The highest BCUT2D eigenvalue weighted by atomic mass is 35.5. The highest BCUT2D eigenvalue weighted by molar-refractivity contribution is 6.29. The Labute approximate surface area is 102 Å². The summed E-state index contributed by atoms with van der Waals surface area (Å²) in [6.07, 6.45) is 4.34. The number of rotatable bonds is 3. The van der Waals surface area contributed by atoms with Crippen molar-refractivity contribution in [3.63, 3.8) is 0 Å². The number of ether oxygens (including phenoxy) is 1. The van der Waals surface area contributed by atoms with E-state index < -0.39 is 0 Å². The van der Waals surface area contributed by atoms with Gasteiger partial charge in [-0.1, -0.05) is 11.6 Å². The lowest BCUT2D eigenvalue weighted by Crippen LogP contribution is -2.07. The highest BCUT2D eigenvalue weighted by Crippen LogP contribution is 2.17. The van der Waals surface area contributed by atoms with Gasteiger partial charge >= 0.3 is 0 Å². The molecule has 0 aliphatic heterocycles. The number of ketones is 1. The average molecular weight is 250 g/mol. The van der Waals surface area contributed by atoms with Crippen molar-refractivity contribution in [2.75, 3.05) is 7.11 Å². The SMILES string of the molecule is COc1nccnc1C(=O)c1ccnc(Cl)c1. The first-order chi connectivity index (χ1) is 8.22. The summed E-state index contributed by atoms with van der Waals surface area (Å²) in [6, 6.07) is 3.03. The Morgan fingerprint density at radius 2 is 2.00 bits per heavy atom. The lowest BCUT2D eigenvalue weighted by atomic mass is 10.1. The minimum absolute atomic E-state index is 0.150. The Morgan fingerprint density at radius 1 is 1.24 bits per heavy atom. The minimum atomic E-state index is -0.306. The van der Waals surface area contributed by atoms with Gasteiger partial charge in [0.05, 0.1) is 7.11 Å². The molecule has 2 aromatic rings. The molecule has 0 radical (unpaired) electrons. The van der Waals surface area contributed by atoms with E-state index in [0.29, 0.717) is 5.56 Å². The minimum Gasteiger partial charge on any atom is -0.479 e. The number of aromatic nitrogens is 3. The van der Waals surface area contributed by atoms with E-state index in [1.54, 1.807) is 6.07 Å². The molecule has 5 nitrogen and oxygen atoms in total. The van der Waals surface area contributed by atoms with Crippen LogP contribution in [0.2, 0.25) is 5.15 Å². The fourth-order valence-electron chi connectivity index (χ4n) is 1.31. The van der Waals surface area contributed by atoms with Crippen molar-refractivity contribution in [2.24, 2.45) is 0 Å². The maximum absolute atomic E-state index is 12.1. The van der Waals surface area contributed by atoms with Gasteiger partial charge in [-0.2, -0.15) is 0 Å². The molecule has 0 aliphatic rings. The summed E-state index contributed by atoms with van der Waals surface area (Å²) < 4.78 is 4.98. The maximum Gasteiger partial charge on any atom is 0.243 e. The quantitative estimate of drug-likeness (QED) is 0.613. The molecule has 0 aliphatic carbocycles. The van der Waals surface area contributed by atoms with Crippen LogP contribution < -0.4 is 4.74 Å². The second-order valence-corrected chi connectivity index (χ2v) is 3.50. The van der Waals surface area contributed by atoms with Gasteiger partial charge in [0.2, 0.25) is 11.7 Å². The van der Waals surface area contributed by atoms with Gasteiger partial charge in [-0.05, 0) is 12.1 Å². The van der Waals surface area contributed by atoms with Crippen molar-refractivity contribution in [1.29, 1.82) is 0 Å². The van der Waals surface area contributed by atoms with Gasteiger partial charge in [-0.15, -0.1) is 0 Å². The Hall–Kier alpha value is -2.01. The molecule has 0 aromatic carbocycles. The summed E-state index contributed by atoms with van der Waals surface area (Å²) in [5, 5.41) is 0.249. The Balaban J connectivity index is 2.44. The van der Waals surface area contributed by atoms with E-state index in [1.807, 2.05) is 0 Å². The van der Waals surface area contributed by atoms with Crippen molar-refractivity contribution < 1.29 is 9.53 Å². The molecule has 0 saturated carbocycles. The molecular weight excluding hydrogens is 242 g/mol. The zero-order valence-corrected chi connectivity index (χ0v) is 9.68. The second kappa shape index (κ2) is 4.88. The van der Waals surface area contributed by atoms with E-state index >= 15 is 0 Å². The summed E-state index contributed by atoms with van der Waals surface area (Å²) in [7, 11) is 1.43. The summed E-state index contributed by atoms with van der Waals surface area (Å²) in [5.74, 6) is -0.121. The third kappa shape index (κ3) is 2.39. The van der Waals surface area contributed by atoms with E-state index in [4.69, 9.17) is 16.3 Å². The second-order valence-electron chi connectivity index (χ2n) is 3.11. The van der Waals surface area contributed by atoms with Crippen LogP contribution >= 0.6 is 11.6 Å². The number of carbonyl (C=O) groups excluding carboxylic acids is 1. The number of methoxy groups -OCH3 is 1. The monoisotopic (exact) mass is 249 g/mol. The number of hydrogen-bond acceptors (Lipinski definition) is 5. The van der Waals surface area contributed by atoms with E-state index in [0.717, 1.165) is 0 Å². The first-order valence-corrected chi connectivity index (χ1v) is 5.11. The van der Waals surface area contributed by atoms with Crippen LogP contribution in [0.15, 0.2) is 30.7 Å². The predicted octanol–water partition coefficient (Wildman–Crippen LogP) is 1.76. The van der Waals surface area contributed by atoms with Crippen LogP contribution in [-0.4, -0.2) is 27.8 Å². The van der Waals surface area contributed by atoms with Crippen molar-refractivity contribution in [3.8, 4) is 5.88 Å². The van der Waals surface area contributed by atoms with Crippen LogP contribution in [0.3, 0.4) is 0 Å². The average Bonchev–Trinajstić information content (AvgIpc) is 2.38. The molecule has 0 bridgehead atoms. The number of halogens is 1. The van der Waals surface area contributed by atoms with Crippen molar-refractivity contribution in [1.82, 2.24) is 15.0 Å². The molecule has 86 valence electrons. The Bertz CT molecular complexity index is 560. The van der Waals surface area contributed by atoms with E-state index in [2.05, 4.69) is 15.0 Å². The zero-order valence-electron chi connectivity index (χ0n) is 8.92. The van der Waals surface area contributed by atoms with Crippen LogP contribution in [0.5, 0.6) is 5.88 Å². The van der Waals surface area contributed by atoms with E-state index in [9.17, 15) is 4.79 Å². The van der Waals surface area contributed by atoms with Crippen LogP contribution in [-0.2, 0) is 0 Å². The summed E-state index contributed by atoms with van der Waals surface area (Å²) in [5.41, 5.74) is 0.543. The molecule has 0 atom stereocenters. The lowest BCUT2D eigenvalue weighted by molar-refractivity contribution is 0.103. The molecule has 0 fully saturated rings. The molecule has 0 saturated heterocycles. The van der Waals surface area contributed by atoms with Crippen LogP contribution in [0.25, 0.3) is 0 Å². The van der Waals surface area contributed by atoms with E-state index in [1.165, 1.54) is 31.8 Å². The highest BCUT2D eigenvalue weighted by Gasteiger charge is 2.17. The maximum atomic E-state index is 12.1. The molecule has 0 spiro atoms. The van der Waals surface area contributed by atoms with Gasteiger partial charge in [0, 0.05) is 24.2 Å². The first-order valence-electron chi connectivity index (χ1n) is 4.73. The molecule has 2 rings (SSSR count). The molecule has 2 aromatic heterocycles. The number of pyridine rings is 1. The largest absolute Gasteiger partial charge is 0.479 e. The van der Waals surface area contributed by atoms with Gasteiger partial charge in [0.25, 0.3) is 0 Å². The van der Waals surface area contributed by atoms with Crippen molar-refractivity contribution in [2.45, 2.75) is 0 Å². The third-order valence-electron chi connectivity index (χ3n) is 2.06. The van der Waals surface area contributed by atoms with Gasteiger partial charge in [0.15, 0.2) is 5.69 Å². The molecule has 2 heterocycles.